The van der Waals surface area contributed by atoms with Crippen LogP contribution in [0.25, 0.3) is 0 Å². The lowest BCUT2D eigenvalue weighted by Gasteiger charge is -2.19. The van der Waals surface area contributed by atoms with Gasteiger partial charge in [-0.25, -0.2) is 0 Å². The normalized spacial score (nSPS) is 13.0. The van der Waals surface area contributed by atoms with E-state index in [4.69, 9.17) is 0 Å². The van der Waals surface area contributed by atoms with E-state index in [1.165, 1.54) is 244 Å². The van der Waals surface area contributed by atoms with E-state index >= 15 is 0 Å². The molecule has 0 aromatic heterocycles. The fourth-order valence-corrected chi connectivity index (χ4v) is 8.63. The van der Waals surface area contributed by atoms with Crippen LogP contribution >= 0.6 is 0 Å². The molecule has 0 aliphatic heterocycles. The maximum Gasteiger partial charge on any atom is 0.220 e. The smallest absolute Gasteiger partial charge is 0.220 e. The first-order valence-corrected chi connectivity index (χ1v) is 27.7. The highest BCUT2D eigenvalue weighted by molar-refractivity contribution is 5.76. The zero-order chi connectivity index (χ0) is 44.2. The van der Waals surface area contributed by atoms with Crippen LogP contribution in [0.3, 0.4) is 0 Å². The molecule has 2 atom stereocenters. The van der Waals surface area contributed by atoms with Crippen LogP contribution in [0.1, 0.15) is 303 Å². The van der Waals surface area contributed by atoms with Crippen molar-refractivity contribution in [3.63, 3.8) is 0 Å². The lowest BCUT2D eigenvalue weighted by atomic mass is 10.0. The minimum Gasteiger partial charge on any atom is -0.394 e. The van der Waals surface area contributed by atoms with Crippen molar-refractivity contribution in [3.05, 3.63) is 36.5 Å². The van der Waals surface area contributed by atoms with Crippen LogP contribution in [0.5, 0.6) is 0 Å². The monoisotopic (exact) mass is 856 g/mol. The molecule has 0 aromatic carbocycles. The summed E-state index contributed by atoms with van der Waals surface area (Å²) in [6.45, 7) is 4.32. The average Bonchev–Trinajstić information content (AvgIpc) is 3.26. The number of rotatable bonds is 51. The summed E-state index contributed by atoms with van der Waals surface area (Å²) < 4.78 is 0. The summed E-state index contributed by atoms with van der Waals surface area (Å²) in [6, 6.07) is -0.643. The van der Waals surface area contributed by atoms with Gasteiger partial charge in [-0.3, -0.25) is 4.79 Å². The zero-order valence-electron chi connectivity index (χ0n) is 41.4. The molecular weight excluding hydrogens is 747 g/mol. The minimum absolute atomic E-state index is 0.0723. The number of allylic oxidation sites excluding steroid dienone is 5. The summed E-state index contributed by atoms with van der Waals surface area (Å²) in [7, 11) is 0. The van der Waals surface area contributed by atoms with E-state index in [0.717, 1.165) is 38.5 Å². The highest BCUT2D eigenvalue weighted by Crippen LogP contribution is 2.17. The average molecular weight is 857 g/mol. The first kappa shape index (κ1) is 59.6. The van der Waals surface area contributed by atoms with Crippen molar-refractivity contribution in [3.8, 4) is 0 Å². The summed E-state index contributed by atoms with van der Waals surface area (Å²) >= 11 is 0. The van der Waals surface area contributed by atoms with Crippen LogP contribution in [0.15, 0.2) is 36.5 Å². The molecule has 0 rings (SSSR count). The van der Waals surface area contributed by atoms with Crippen LogP contribution < -0.4 is 5.32 Å². The fraction of sp³-hybridized carbons (Fsp3) is 0.877. The topological polar surface area (TPSA) is 69.6 Å². The third-order valence-corrected chi connectivity index (χ3v) is 12.9. The predicted octanol–water partition coefficient (Wildman–Crippen LogP) is 18.1. The molecular formula is C57H109NO3. The molecule has 3 N–H and O–H groups in total. The summed E-state index contributed by atoms with van der Waals surface area (Å²) in [6.07, 6.45) is 71.7. The quantitative estimate of drug-likeness (QED) is 0.0422. The van der Waals surface area contributed by atoms with Crippen molar-refractivity contribution in [2.24, 2.45) is 0 Å². The van der Waals surface area contributed by atoms with E-state index in [0.29, 0.717) is 6.42 Å². The number of aliphatic hydroxyl groups excluding tert-OH is 2. The number of carbonyl (C=O) groups is 1. The SMILES string of the molecule is CCCCCCCCCCC/C=C/CC/C=C/CC/C=C/C(O)C(CO)NC(=O)CCCCCCCCCCCCCCCCCCCCCCCCCCCCCCCC. The number of amides is 1. The summed E-state index contributed by atoms with van der Waals surface area (Å²) in [5.41, 5.74) is 0. The van der Waals surface area contributed by atoms with Gasteiger partial charge in [-0.15, -0.1) is 0 Å². The fourth-order valence-electron chi connectivity index (χ4n) is 8.63. The molecule has 61 heavy (non-hydrogen) atoms. The van der Waals surface area contributed by atoms with Crippen LogP contribution in [0, 0.1) is 0 Å². The molecule has 360 valence electrons. The molecule has 0 bridgehead atoms. The number of hydrogen-bond donors (Lipinski definition) is 3. The third kappa shape index (κ3) is 49.5. The van der Waals surface area contributed by atoms with Crippen LogP contribution in [0.4, 0.5) is 0 Å². The number of carbonyl (C=O) groups excluding carboxylic acids is 1. The second kappa shape index (κ2) is 53.0. The Bertz CT molecular complexity index is 928. The summed E-state index contributed by atoms with van der Waals surface area (Å²) in [4.78, 5) is 12.5. The lowest BCUT2D eigenvalue weighted by molar-refractivity contribution is -0.123. The van der Waals surface area contributed by atoms with Gasteiger partial charge in [0.1, 0.15) is 0 Å². The van der Waals surface area contributed by atoms with Crippen molar-refractivity contribution in [2.75, 3.05) is 6.61 Å². The van der Waals surface area contributed by atoms with Crippen molar-refractivity contribution >= 4 is 5.91 Å². The molecule has 0 saturated carbocycles. The van der Waals surface area contributed by atoms with Gasteiger partial charge in [-0.2, -0.15) is 0 Å². The highest BCUT2D eigenvalue weighted by atomic mass is 16.3. The number of aliphatic hydroxyl groups is 2. The number of unbranched alkanes of at least 4 members (excludes halogenated alkanes) is 40. The largest absolute Gasteiger partial charge is 0.394 e. The second-order valence-corrected chi connectivity index (χ2v) is 19.0. The van der Waals surface area contributed by atoms with E-state index in [1.807, 2.05) is 6.08 Å². The van der Waals surface area contributed by atoms with Gasteiger partial charge in [0.25, 0.3) is 0 Å². The van der Waals surface area contributed by atoms with E-state index in [2.05, 4.69) is 43.5 Å². The van der Waals surface area contributed by atoms with Crippen molar-refractivity contribution < 1.29 is 15.0 Å². The second-order valence-electron chi connectivity index (χ2n) is 19.0. The molecule has 0 aliphatic carbocycles. The van der Waals surface area contributed by atoms with Gasteiger partial charge >= 0.3 is 0 Å². The maximum atomic E-state index is 12.5. The molecule has 0 saturated heterocycles. The molecule has 1 amide bonds. The Kier molecular flexibility index (Phi) is 51.7. The molecule has 0 aromatic rings. The molecule has 4 heteroatoms. The standard InChI is InChI=1S/C57H109NO3/c1-3-5-7-9-11-13-15-17-19-21-23-24-25-26-27-28-29-30-31-32-33-35-37-39-41-43-45-47-49-51-53-57(61)58-55(54-59)56(60)52-50-48-46-44-42-40-38-36-34-22-20-18-16-14-12-10-8-6-4-2/h34,36,42,44,50,52,55-56,59-60H,3-33,35,37-41,43,45-49,51,53-54H2,1-2H3,(H,58,61)/b36-34+,44-42+,52-50+. The first-order chi connectivity index (χ1) is 30.2. The van der Waals surface area contributed by atoms with Gasteiger partial charge in [-0.1, -0.05) is 288 Å². The molecule has 2 unspecified atom stereocenters. The van der Waals surface area contributed by atoms with Gasteiger partial charge in [0, 0.05) is 6.42 Å². The zero-order valence-corrected chi connectivity index (χ0v) is 41.4. The van der Waals surface area contributed by atoms with Gasteiger partial charge in [-0.05, 0) is 44.9 Å². The summed E-state index contributed by atoms with van der Waals surface area (Å²) in [5.74, 6) is -0.0723. The Morgan fingerprint density at radius 3 is 0.951 bits per heavy atom. The Morgan fingerprint density at radius 1 is 0.377 bits per heavy atom. The van der Waals surface area contributed by atoms with Crippen molar-refractivity contribution in [1.29, 1.82) is 0 Å². The molecule has 0 fully saturated rings. The highest BCUT2D eigenvalue weighted by Gasteiger charge is 2.18. The summed E-state index contributed by atoms with van der Waals surface area (Å²) in [5, 5.41) is 23.1. The van der Waals surface area contributed by atoms with Crippen LogP contribution in [-0.4, -0.2) is 34.9 Å². The van der Waals surface area contributed by atoms with Gasteiger partial charge < -0.3 is 15.5 Å². The van der Waals surface area contributed by atoms with E-state index < -0.39 is 12.1 Å². The molecule has 0 aliphatic rings. The van der Waals surface area contributed by atoms with Gasteiger partial charge in [0.05, 0.1) is 18.8 Å². The predicted molar refractivity (Wildman–Crippen MR) is 272 cm³/mol. The Balaban J connectivity index is 3.48. The van der Waals surface area contributed by atoms with E-state index in [-0.39, 0.29) is 12.5 Å². The number of hydrogen-bond acceptors (Lipinski definition) is 3. The Labute approximate surface area is 382 Å². The third-order valence-electron chi connectivity index (χ3n) is 12.9. The van der Waals surface area contributed by atoms with Crippen LogP contribution in [-0.2, 0) is 4.79 Å². The van der Waals surface area contributed by atoms with Gasteiger partial charge in [0.2, 0.25) is 5.91 Å². The Hall–Kier alpha value is -1.39. The maximum absolute atomic E-state index is 12.5. The van der Waals surface area contributed by atoms with Crippen molar-refractivity contribution in [2.45, 2.75) is 315 Å². The molecule has 0 spiro atoms. The Morgan fingerprint density at radius 2 is 0.639 bits per heavy atom. The number of nitrogens with one attached hydrogen (secondary N) is 1. The molecule has 0 heterocycles. The van der Waals surface area contributed by atoms with Gasteiger partial charge in [0.15, 0.2) is 0 Å². The van der Waals surface area contributed by atoms with E-state index in [9.17, 15) is 15.0 Å². The lowest BCUT2D eigenvalue weighted by Crippen LogP contribution is -2.45. The van der Waals surface area contributed by atoms with Crippen LogP contribution in [0.2, 0.25) is 0 Å². The van der Waals surface area contributed by atoms with Crippen molar-refractivity contribution in [1.82, 2.24) is 5.32 Å². The first-order valence-electron chi connectivity index (χ1n) is 27.7. The molecule has 4 nitrogen and oxygen atoms in total. The minimum atomic E-state index is -0.868. The van der Waals surface area contributed by atoms with E-state index in [1.54, 1.807) is 6.08 Å². The molecule has 0 radical (unpaired) electrons.